The fourth-order valence-electron chi connectivity index (χ4n) is 2.60. The lowest BCUT2D eigenvalue weighted by molar-refractivity contribution is 0.161. The van der Waals surface area contributed by atoms with Gasteiger partial charge in [0.2, 0.25) is 0 Å². The number of benzene rings is 1. The molecule has 5 heteroatoms. The molecule has 1 aliphatic heterocycles. The number of hydrogen-bond acceptors (Lipinski definition) is 5. The van der Waals surface area contributed by atoms with Crippen molar-refractivity contribution in [1.29, 1.82) is 0 Å². The van der Waals surface area contributed by atoms with Crippen molar-refractivity contribution in [2.75, 3.05) is 18.9 Å². The number of thiophene rings is 1. The molecule has 0 spiro atoms. The van der Waals surface area contributed by atoms with Crippen LogP contribution >= 0.6 is 11.3 Å². The van der Waals surface area contributed by atoms with Crippen LogP contribution in [-0.2, 0) is 4.74 Å². The maximum absolute atomic E-state index is 5.76. The van der Waals surface area contributed by atoms with Gasteiger partial charge in [0.05, 0.1) is 18.9 Å². The van der Waals surface area contributed by atoms with E-state index in [2.05, 4.69) is 17.5 Å². The van der Waals surface area contributed by atoms with E-state index in [9.17, 15) is 0 Å². The van der Waals surface area contributed by atoms with Gasteiger partial charge in [-0.3, -0.25) is 0 Å². The van der Waals surface area contributed by atoms with Crippen LogP contribution in [0.25, 0.3) is 27.2 Å². The van der Waals surface area contributed by atoms with Crippen molar-refractivity contribution in [1.82, 2.24) is 9.97 Å². The maximum Gasteiger partial charge on any atom is 0.161 e. The van der Waals surface area contributed by atoms with Crippen LogP contribution in [0.3, 0.4) is 0 Å². The predicted molar refractivity (Wildman–Crippen MR) is 90.7 cm³/mol. The lowest BCUT2D eigenvalue weighted by atomic mass is 10.0. The van der Waals surface area contributed by atoms with E-state index < -0.39 is 0 Å². The highest BCUT2D eigenvalue weighted by atomic mass is 32.1. The third-order valence-electron chi connectivity index (χ3n) is 3.76. The van der Waals surface area contributed by atoms with Crippen molar-refractivity contribution in [3.8, 4) is 11.4 Å². The number of rotatable bonds is 2. The Labute approximate surface area is 132 Å². The molecule has 0 bridgehead atoms. The van der Waals surface area contributed by atoms with E-state index in [1.165, 1.54) is 5.57 Å². The minimum atomic E-state index is 0.655. The van der Waals surface area contributed by atoms with E-state index in [4.69, 9.17) is 20.4 Å². The molecule has 0 saturated carbocycles. The summed E-state index contributed by atoms with van der Waals surface area (Å²) in [5.41, 5.74) is 9.77. The van der Waals surface area contributed by atoms with Crippen LogP contribution in [0, 0.1) is 0 Å². The van der Waals surface area contributed by atoms with Gasteiger partial charge in [0.25, 0.3) is 0 Å². The fraction of sp³-hybridized carbons (Fsp3) is 0.176. The van der Waals surface area contributed by atoms with Crippen molar-refractivity contribution in [2.24, 2.45) is 0 Å². The summed E-state index contributed by atoms with van der Waals surface area (Å²) in [5, 5.41) is 3.19. The van der Waals surface area contributed by atoms with E-state index in [1.807, 2.05) is 24.3 Å². The lowest BCUT2D eigenvalue weighted by Crippen LogP contribution is -2.06. The minimum absolute atomic E-state index is 0.655. The zero-order chi connectivity index (χ0) is 14.9. The van der Waals surface area contributed by atoms with Gasteiger partial charge in [-0.25, -0.2) is 9.97 Å². The Kier molecular flexibility index (Phi) is 3.36. The minimum Gasteiger partial charge on any atom is -0.399 e. The van der Waals surface area contributed by atoms with Crippen molar-refractivity contribution < 1.29 is 4.74 Å². The summed E-state index contributed by atoms with van der Waals surface area (Å²) in [5.74, 6) is 0.748. The van der Waals surface area contributed by atoms with E-state index in [-0.39, 0.29) is 0 Å². The Bertz CT molecular complexity index is 852. The fourth-order valence-corrected chi connectivity index (χ4v) is 3.37. The van der Waals surface area contributed by atoms with Gasteiger partial charge in [0.1, 0.15) is 4.83 Å². The average molecular weight is 309 g/mol. The normalized spacial score (nSPS) is 15.0. The van der Waals surface area contributed by atoms with Gasteiger partial charge in [-0.15, -0.1) is 11.3 Å². The number of nitrogens with zero attached hydrogens (tertiary/aromatic N) is 2. The molecule has 1 aromatic carbocycles. The second-order valence-electron chi connectivity index (χ2n) is 5.21. The summed E-state index contributed by atoms with van der Waals surface area (Å²) in [4.78, 5) is 10.5. The van der Waals surface area contributed by atoms with Gasteiger partial charge < -0.3 is 10.5 Å². The van der Waals surface area contributed by atoms with E-state index in [1.54, 1.807) is 11.3 Å². The molecule has 3 heterocycles. The monoisotopic (exact) mass is 309 g/mol. The van der Waals surface area contributed by atoms with Crippen molar-refractivity contribution in [3.05, 3.63) is 47.5 Å². The molecule has 0 amide bonds. The molecule has 4 nitrogen and oxygen atoms in total. The Morgan fingerprint density at radius 3 is 2.73 bits per heavy atom. The van der Waals surface area contributed by atoms with Crippen LogP contribution in [-0.4, -0.2) is 23.2 Å². The number of hydrogen-bond donors (Lipinski definition) is 1. The Balaban J connectivity index is 1.90. The van der Waals surface area contributed by atoms with E-state index in [0.717, 1.165) is 46.0 Å². The standard InChI is InChI=1S/C17H15N3OS/c18-13-3-1-12(2-4-13)16-19-15(11-5-8-21-9-6-11)14-7-10-22-17(14)20-16/h1-5,7,10H,6,8-9,18H2. The summed E-state index contributed by atoms with van der Waals surface area (Å²) < 4.78 is 5.41. The second kappa shape index (κ2) is 5.51. The second-order valence-corrected chi connectivity index (χ2v) is 6.11. The zero-order valence-corrected chi connectivity index (χ0v) is 12.8. The summed E-state index contributed by atoms with van der Waals surface area (Å²) in [7, 11) is 0. The molecule has 1 aliphatic rings. The summed E-state index contributed by atoms with van der Waals surface area (Å²) in [6.07, 6.45) is 3.01. The van der Waals surface area contributed by atoms with Gasteiger partial charge in [-0.2, -0.15) is 0 Å². The highest BCUT2D eigenvalue weighted by molar-refractivity contribution is 7.16. The third-order valence-corrected chi connectivity index (χ3v) is 4.57. The van der Waals surface area contributed by atoms with Crippen LogP contribution < -0.4 is 5.73 Å². The third kappa shape index (κ3) is 2.38. The van der Waals surface area contributed by atoms with Gasteiger partial charge in [0.15, 0.2) is 5.82 Å². The molecule has 0 radical (unpaired) electrons. The molecular weight excluding hydrogens is 294 g/mol. The SMILES string of the molecule is Nc1ccc(-c2nc(C3=CCOCC3)c3ccsc3n2)cc1. The average Bonchev–Trinajstić information content (AvgIpc) is 3.04. The van der Waals surface area contributed by atoms with Gasteiger partial charge in [-0.1, -0.05) is 6.08 Å². The van der Waals surface area contributed by atoms with Gasteiger partial charge >= 0.3 is 0 Å². The number of ether oxygens (including phenoxy) is 1. The van der Waals surface area contributed by atoms with Gasteiger partial charge in [0, 0.05) is 16.6 Å². The summed E-state index contributed by atoms with van der Waals surface area (Å²) in [6.45, 7) is 1.40. The first-order chi connectivity index (χ1) is 10.8. The first kappa shape index (κ1) is 13.4. The van der Waals surface area contributed by atoms with Crippen molar-refractivity contribution in [2.45, 2.75) is 6.42 Å². The first-order valence-electron chi connectivity index (χ1n) is 7.19. The molecule has 22 heavy (non-hydrogen) atoms. The predicted octanol–water partition coefficient (Wildman–Crippen LogP) is 3.74. The molecule has 0 unspecified atom stereocenters. The Morgan fingerprint density at radius 1 is 1.09 bits per heavy atom. The van der Waals surface area contributed by atoms with Crippen molar-refractivity contribution >= 4 is 32.8 Å². The number of fused-ring (bicyclic) bond motifs is 1. The molecular formula is C17H15N3OS. The number of nitrogen functional groups attached to an aromatic ring is 1. The van der Waals surface area contributed by atoms with Gasteiger partial charge in [-0.05, 0) is 47.7 Å². The highest BCUT2D eigenvalue weighted by Crippen LogP contribution is 2.31. The highest BCUT2D eigenvalue weighted by Gasteiger charge is 2.15. The van der Waals surface area contributed by atoms with Crippen LogP contribution in [0.4, 0.5) is 5.69 Å². The number of nitrogens with two attached hydrogens (primary N) is 1. The molecule has 3 aromatic rings. The topological polar surface area (TPSA) is 61.0 Å². The molecule has 0 fully saturated rings. The quantitative estimate of drug-likeness (QED) is 0.732. The molecule has 110 valence electrons. The summed E-state index contributed by atoms with van der Waals surface area (Å²) in [6, 6.07) is 9.78. The smallest absolute Gasteiger partial charge is 0.161 e. The van der Waals surface area contributed by atoms with Crippen molar-refractivity contribution in [3.63, 3.8) is 0 Å². The zero-order valence-electron chi connectivity index (χ0n) is 12.0. The Hall–Kier alpha value is -2.24. The van der Waals surface area contributed by atoms with E-state index in [0.29, 0.717) is 6.61 Å². The molecule has 2 N–H and O–H groups in total. The Morgan fingerprint density at radius 2 is 1.95 bits per heavy atom. The molecule has 2 aromatic heterocycles. The van der Waals surface area contributed by atoms with Crippen LogP contribution in [0.15, 0.2) is 41.8 Å². The van der Waals surface area contributed by atoms with Crippen LogP contribution in [0.1, 0.15) is 12.1 Å². The number of aromatic nitrogens is 2. The maximum atomic E-state index is 5.76. The molecule has 0 aliphatic carbocycles. The van der Waals surface area contributed by atoms with E-state index >= 15 is 0 Å². The molecule has 0 atom stereocenters. The number of anilines is 1. The summed E-state index contributed by atoms with van der Waals surface area (Å²) >= 11 is 1.64. The first-order valence-corrected chi connectivity index (χ1v) is 8.07. The largest absolute Gasteiger partial charge is 0.399 e. The molecule has 4 rings (SSSR count). The molecule has 0 saturated heterocycles. The lowest BCUT2D eigenvalue weighted by Gasteiger charge is -2.14. The van der Waals surface area contributed by atoms with Crippen LogP contribution in [0.5, 0.6) is 0 Å². The van der Waals surface area contributed by atoms with Crippen LogP contribution in [0.2, 0.25) is 0 Å².